The molecule has 0 aliphatic carbocycles. The van der Waals surface area contributed by atoms with Crippen molar-refractivity contribution in [2.75, 3.05) is 0 Å². The summed E-state index contributed by atoms with van der Waals surface area (Å²) in [4.78, 5) is -1.81. The number of benzene rings is 1. The van der Waals surface area contributed by atoms with Gasteiger partial charge in [0.2, 0.25) is 0 Å². The van der Waals surface area contributed by atoms with Crippen LogP contribution in [0.15, 0.2) is 4.90 Å². The van der Waals surface area contributed by atoms with Crippen molar-refractivity contribution in [1.29, 1.82) is 0 Å². The van der Waals surface area contributed by atoms with E-state index in [4.69, 9.17) is 11.6 Å². The van der Waals surface area contributed by atoms with Crippen LogP contribution in [-0.2, 0) is 9.05 Å². The zero-order chi connectivity index (χ0) is 12.0. The fourth-order valence-electron chi connectivity index (χ4n) is 0.799. The summed E-state index contributed by atoms with van der Waals surface area (Å²) < 4.78 is 72.3. The molecular formula is C6Cl2F4O2S. The van der Waals surface area contributed by atoms with Crippen molar-refractivity contribution in [1.82, 2.24) is 0 Å². The Bertz CT molecular complexity index is 499. The molecule has 9 heteroatoms. The monoisotopic (exact) mass is 282 g/mol. The SMILES string of the molecule is O=S(=O)(Cl)c1c(F)c(F)c(F)c(Cl)c1F. The maximum absolute atomic E-state index is 13.0. The van der Waals surface area contributed by atoms with Crippen molar-refractivity contribution >= 4 is 31.3 Å². The van der Waals surface area contributed by atoms with Gasteiger partial charge in [0.05, 0.1) is 0 Å². The van der Waals surface area contributed by atoms with E-state index in [9.17, 15) is 26.0 Å². The molecule has 0 unspecified atom stereocenters. The lowest BCUT2D eigenvalue weighted by atomic mass is 10.3. The molecule has 1 aromatic rings. The summed E-state index contributed by atoms with van der Waals surface area (Å²) in [6.07, 6.45) is 0. The first-order chi connectivity index (χ1) is 6.68. The van der Waals surface area contributed by atoms with Crippen molar-refractivity contribution in [2.45, 2.75) is 4.90 Å². The van der Waals surface area contributed by atoms with Gasteiger partial charge in [0, 0.05) is 10.7 Å². The molecule has 0 bridgehead atoms. The van der Waals surface area contributed by atoms with Gasteiger partial charge in [0.1, 0.15) is 5.02 Å². The zero-order valence-electron chi connectivity index (χ0n) is 6.49. The Labute approximate surface area is 90.8 Å². The highest BCUT2D eigenvalue weighted by Gasteiger charge is 2.31. The van der Waals surface area contributed by atoms with Crippen molar-refractivity contribution in [3.63, 3.8) is 0 Å². The molecule has 0 amide bonds. The summed E-state index contributed by atoms with van der Waals surface area (Å²) in [6.45, 7) is 0. The van der Waals surface area contributed by atoms with Crippen molar-refractivity contribution in [3.8, 4) is 0 Å². The summed E-state index contributed by atoms with van der Waals surface area (Å²) in [6, 6.07) is 0. The van der Waals surface area contributed by atoms with E-state index >= 15 is 0 Å². The van der Waals surface area contributed by atoms with Gasteiger partial charge in [-0.25, -0.2) is 26.0 Å². The smallest absolute Gasteiger partial charge is 0.207 e. The molecule has 0 saturated heterocycles. The van der Waals surface area contributed by atoms with Gasteiger partial charge >= 0.3 is 0 Å². The molecule has 0 heterocycles. The lowest BCUT2D eigenvalue weighted by Gasteiger charge is -2.05. The fourth-order valence-corrected chi connectivity index (χ4v) is 2.06. The molecule has 0 aromatic heterocycles. The van der Waals surface area contributed by atoms with Crippen LogP contribution in [0, 0.1) is 23.3 Å². The largest absolute Gasteiger partial charge is 0.267 e. The Hall–Kier alpha value is -0.530. The topological polar surface area (TPSA) is 34.1 Å². The summed E-state index contributed by atoms with van der Waals surface area (Å²) >= 11 is 4.89. The summed E-state index contributed by atoms with van der Waals surface area (Å²) in [7, 11) is -0.285. The average Bonchev–Trinajstić information content (AvgIpc) is 2.09. The molecule has 1 aromatic carbocycles. The molecule has 0 N–H and O–H groups in total. The van der Waals surface area contributed by atoms with Gasteiger partial charge in [0.25, 0.3) is 9.05 Å². The second-order valence-electron chi connectivity index (χ2n) is 2.34. The van der Waals surface area contributed by atoms with Gasteiger partial charge < -0.3 is 0 Å². The van der Waals surface area contributed by atoms with E-state index in [0.29, 0.717) is 0 Å². The van der Waals surface area contributed by atoms with Crippen LogP contribution in [0.3, 0.4) is 0 Å². The molecule has 0 spiro atoms. The van der Waals surface area contributed by atoms with Crippen LogP contribution < -0.4 is 0 Å². The Morgan fingerprint density at radius 2 is 1.33 bits per heavy atom. The van der Waals surface area contributed by atoms with Crippen molar-refractivity contribution < 1.29 is 26.0 Å². The molecule has 1 rings (SSSR count). The molecule has 0 atom stereocenters. The summed E-state index contributed by atoms with van der Waals surface area (Å²) in [5.74, 6) is -8.44. The van der Waals surface area contributed by atoms with E-state index in [1.54, 1.807) is 0 Å². The fraction of sp³-hybridized carbons (Fsp3) is 0. The molecule has 0 radical (unpaired) electrons. The van der Waals surface area contributed by atoms with Crippen LogP contribution in [0.5, 0.6) is 0 Å². The van der Waals surface area contributed by atoms with Crippen LogP contribution >= 0.6 is 22.3 Å². The summed E-state index contributed by atoms with van der Waals surface area (Å²) in [5.41, 5.74) is 0. The first kappa shape index (κ1) is 12.5. The molecule has 0 aliphatic rings. The third-order valence-corrected chi connectivity index (χ3v) is 3.05. The number of hydrogen-bond acceptors (Lipinski definition) is 2. The minimum atomic E-state index is -4.89. The standard InChI is InChI=1S/C6Cl2F4O2S/c7-1-2(9)4(11)5(12)6(3(1)10)15(8,13)14. The van der Waals surface area contributed by atoms with Gasteiger partial charge in [-0.1, -0.05) is 11.6 Å². The first-order valence-corrected chi connectivity index (χ1v) is 5.82. The highest BCUT2D eigenvalue weighted by Crippen LogP contribution is 2.32. The Morgan fingerprint density at radius 3 is 1.73 bits per heavy atom. The van der Waals surface area contributed by atoms with Gasteiger partial charge in [-0.15, -0.1) is 0 Å². The van der Waals surface area contributed by atoms with E-state index in [1.165, 1.54) is 0 Å². The molecule has 15 heavy (non-hydrogen) atoms. The first-order valence-electron chi connectivity index (χ1n) is 3.14. The average molecular weight is 283 g/mol. The summed E-state index contributed by atoms with van der Waals surface area (Å²) in [5, 5.41) is -1.48. The Balaban J connectivity index is 3.84. The highest BCUT2D eigenvalue weighted by atomic mass is 35.7. The Morgan fingerprint density at radius 1 is 0.867 bits per heavy atom. The molecule has 2 nitrogen and oxygen atoms in total. The normalized spacial score (nSPS) is 11.9. The van der Waals surface area contributed by atoms with Crippen LogP contribution in [0.4, 0.5) is 17.6 Å². The van der Waals surface area contributed by atoms with Gasteiger partial charge in [-0.05, 0) is 0 Å². The minimum absolute atomic E-state index is 1.48. The molecular weight excluding hydrogens is 283 g/mol. The second-order valence-corrected chi connectivity index (χ2v) is 5.22. The third kappa shape index (κ3) is 2.04. The van der Waals surface area contributed by atoms with Gasteiger partial charge in [-0.3, -0.25) is 0 Å². The van der Waals surface area contributed by atoms with Crippen LogP contribution in [0.25, 0.3) is 0 Å². The third-order valence-electron chi connectivity index (χ3n) is 1.41. The van der Waals surface area contributed by atoms with E-state index in [2.05, 4.69) is 10.7 Å². The van der Waals surface area contributed by atoms with Gasteiger partial charge in [0.15, 0.2) is 28.2 Å². The van der Waals surface area contributed by atoms with Crippen molar-refractivity contribution in [2.24, 2.45) is 0 Å². The van der Waals surface area contributed by atoms with Crippen LogP contribution in [0.2, 0.25) is 5.02 Å². The Kier molecular flexibility index (Phi) is 3.18. The second kappa shape index (κ2) is 3.80. The van der Waals surface area contributed by atoms with Crippen LogP contribution in [-0.4, -0.2) is 8.42 Å². The van der Waals surface area contributed by atoms with E-state index in [-0.39, 0.29) is 0 Å². The molecule has 0 aliphatic heterocycles. The molecule has 0 saturated carbocycles. The molecule has 84 valence electrons. The predicted molar refractivity (Wildman–Crippen MR) is 44.3 cm³/mol. The van der Waals surface area contributed by atoms with Crippen LogP contribution in [0.1, 0.15) is 0 Å². The number of rotatable bonds is 1. The molecule has 0 fully saturated rings. The maximum Gasteiger partial charge on any atom is 0.267 e. The number of halogens is 6. The van der Waals surface area contributed by atoms with Gasteiger partial charge in [-0.2, -0.15) is 0 Å². The van der Waals surface area contributed by atoms with E-state index < -0.39 is 42.2 Å². The number of hydrogen-bond donors (Lipinski definition) is 0. The highest BCUT2D eigenvalue weighted by molar-refractivity contribution is 8.13. The maximum atomic E-state index is 13.0. The van der Waals surface area contributed by atoms with Crippen molar-refractivity contribution in [3.05, 3.63) is 28.3 Å². The predicted octanol–water partition coefficient (Wildman–Crippen LogP) is 2.82. The minimum Gasteiger partial charge on any atom is -0.207 e. The quantitative estimate of drug-likeness (QED) is 0.344. The zero-order valence-corrected chi connectivity index (χ0v) is 8.82. The lowest BCUT2D eigenvalue weighted by Crippen LogP contribution is -2.06. The van der Waals surface area contributed by atoms with E-state index in [0.717, 1.165) is 0 Å². The van der Waals surface area contributed by atoms with E-state index in [1.807, 2.05) is 0 Å². The lowest BCUT2D eigenvalue weighted by molar-refractivity contribution is 0.412.